The number of nitrogens with one attached hydrogen (secondary N) is 1. The lowest BCUT2D eigenvalue weighted by Gasteiger charge is -2.13. The Morgan fingerprint density at radius 3 is 2.68 bits per heavy atom. The first-order valence-corrected chi connectivity index (χ1v) is 8.49. The highest BCUT2D eigenvalue weighted by molar-refractivity contribution is 6.31. The molecule has 1 amide bonds. The van der Waals surface area contributed by atoms with Crippen molar-refractivity contribution in [2.75, 3.05) is 5.32 Å². The molecule has 0 aliphatic carbocycles. The summed E-state index contributed by atoms with van der Waals surface area (Å²) in [5, 5.41) is 4.49. The maximum absolute atomic E-state index is 12.3. The van der Waals surface area contributed by atoms with Gasteiger partial charge in [-0.05, 0) is 43.2 Å². The molecule has 3 rings (SSSR count). The summed E-state index contributed by atoms with van der Waals surface area (Å²) in [6.45, 7) is 4.10. The lowest BCUT2D eigenvalue weighted by molar-refractivity contribution is -0.116. The van der Waals surface area contributed by atoms with Crippen LogP contribution >= 0.6 is 11.6 Å². The lowest BCUT2D eigenvalue weighted by Crippen LogP contribution is -2.23. The summed E-state index contributed by atoms with van der Waals surface area (Å²) in [6.07, 6.45) is 0.207. The van der Waals surface area contributed by atoms with Gasteiger partial charge < -0.3 is 9.88 Å². The molecule has 3 aromatic rings. The molecule has 0 unspecified atom stereocenters. The number of para-hydroxylation sites is 1. The van der Waals surface area contributed by atoms with E-state index in [4.69, 9.17) is 11.6 Å². The van der Waals surface area contributed by atoms with E-state index in [1.165, 1.54) is 0 Å². The summed E-state index contributed by atoms with van der Waals surface area (Å²) in [7, 11) is 0. The number of fused-ring (bicyclic) bond motifs is 1. The van der Waals surface area contributed by atoms with Crippen LogP contribution in [-0.2, 0) is 11.3 Å². The van der Waals surface area contributed by atoms with E-state index in [2.05, 4.69) is 5.32 Å². The van der Waals surface area contributed by atoms with Crippen LogP contribution in [0.2, 0.25) is 5.02 Å². The summed E-state index contributed by atoms with van der Waals surface area (Å²) >= 11 is 6.07. The van der Waals surface area contributed by atoms with E-state index < -0.39 is 0 Å². The third kappa shape index (κ3) is 3.59. The molecule has 25 heavy (non-hydrogen) atoms. The average molecular weight is 355 g/mol. The zero-order valence-electron chi connectivity index (χ0n) is 14.2. The van der Waals surface area contributed by atoms with Crippen LogP contribution < -0.4 is 10.9 Å². The van der Waals surface area contributed by atoms with Gasteiger partial charge in [-0.1, -0.05) is 35.9 Å². The molecule has 0 spiro atoms. The van der Waals surface area contributed by atoms with Gasteiger partial charge in [-0.2, -0.15) is 0 Å². The number of amides is 1. The molecule has 0 saturated heterocycles. The SMILES string of the molecule is Cc1c(Cl)cccc1NC(=O)CCn1c(=O)cc(C)c2ccccc21. The van der Waals surface area contributed by atoms with Crippen LogP contribution in [0.25, 0.3) is 10.9 Å². The lowest BCUT2D eigenvalue weighted by atomic mass is 10.1. The molecule has 5 heteroatoms. The molecule has 2 aromatic carbocycles. The topological polar surface area (TPSA) is 51.1 Å². The van der Waals surface area contributed by atoms with E-state index in [0.29, 0.717) is 17.3 Å². The molecule has 0 radical (unpaired) electrons. The van der Waals surface area contributed by atoms with Crippen molar-refractivity contribution in [3.05, 3.63) is 75.0 Å². The Balaban J connectivity index is 1.80. The Hall–Kier alpha value is -2.59. The number of aryl methyl sites for hydroxylation is 2. The fraction of sp³-hybridized carbons (Fsp3) is 0.200. The normalized spacial score (nSPS) is 10.8. The van der Waals surface area contributed by atoms with Crippen molar-refractivity contribution in [3.63, 3.8) is 0 Å². The van der Waals surface area contributed by atoms with Gasteiger partial charge in [0.25, 0.3) is 5.56 Å². The van der Waals surface area contributed by atoms with Gasteiger partial charge in [-0.25, -0.2) is 0 Å². The van der Waals surface area contributed by atoms with Crippen molar-refractivity contribution in [2.24, 2.45) is 0 Å². The Bertz CT molecular complexity index is 1010. The third-order valence-electron chi connectivity index (χ3n) is 4.33. The number of halogens is 1. The number of nitrogens with zero attached hydrogens (tertiary/aromatic N) is 1. The van der Waals surface area contributed by atoms with Crippen LogP contribution in [0.3, 0.4) is 0 Å². The highest BCUT2D eigenvalue weighted by Gasteiger charge is 2.10. The molecule has 0 aliphatic rings. The van der Waals surface area contributed by atoms with Crippen LogP contribution in [0, 0.1) is 13.8 Å². The van der Waals surface area contributed by atoms with Crippen molar-refractivity contribution in [3.8, 4) is 0 Å². The van der Waals surface area contributed by atoms with Gasteiger partial charge in [0.15, 0.2) is 0 Å². The molecule has 1 aromatic heterocycles. The second-order valence-corrected chi connectivity index (χ2v) is 6.45. The number of rotatable bonds is 4. The molecule has 128 valence electrons. The minimum atomic E-state index is -0.151. The number of hydrogen-bond donors (Lipinski definition) is 1. The van der Waals surface area contributed by atoms with Crippen molar-refractivity contribution in [1.29, 1.82) is 0 Å². The van der Waals surface area contributed by atoms with Crippen molar-refractivity contribution in [1.82, 2.24) is 4.57 Å². The summed E-state index contributed by atoms with van der Waals surface area (Å²) in [6, 6.07) is 14.7. The zero-order chi connectivity index (χ0) is 18.0. The molecule has 0 aliphatic heterocycles. The number of hydrogen-bond acceptors (Lipinski definition) is 2. The summed E-state index contributed by atoms with van der Waals surface area (Å²) in [5.41, 5.74) is 3.21. The van der Waals surface area contributed by atoms with E-state index in [1.54, 1.807) is 22.8 Å². The quantitative estimate of drug-likeness (QED) is 0.759. The van der Waals surface area contributed by atoms with Gasteiger partial charge in [0.05, 0.1) is 5.52 Å². The minimum absolute atomic E-state index is 0.0945. The first-order chi connectivity index (χ1) is 12.0. The van der Waals surface area contributed by atoms with Crippen molar-refractivity contribution < 1.29 is 4.79 Å². The Morgan fingerprint density at radius 1 is 1.12 bits per heavy atom. The monoisotopic (exact) mass is 354 g/mol. The van der Waals surface area contributed by atoms with Crippen LogP contribution in [-0.4, -0.2) is 10.5 Å². The van der Waals surface area contributed by atoms with E-state index in [0.717, 1.165) is 22.0 Å². The summed E-state index contributed by atoms with van der Waals surface area (Å²) in [4.78, 5) is 24.6. The minimum Gasteiger partial charge on any atom is -0.326 e. The van der Waals surface area contributed by atoms with Crippen LogP contribution in [0.5, 0.6) is 0 Å². The van der Waals surface area contributed by atoms with Crippen molar-refractivity contribution >= 4 is 34.1 Å². The second-order valence-electron chi connectivity index (χ2n) is 6.04. The standard InChI is InChI=1S/C20H19ClN2O2/c1-13-12-20(25)23(18-9-4-3-6-15(13)18)11-10-19(24)22-17-8-5-7-16(21)14(17)2/h3-9,12H,10-11H2,1-2H3,(H,22,24). The van der Waals surface area contributed by atoms with Gasteiger partial charge in [0, 0.05) is 35.1 Å². The maximum atomic E-state index is 12.3. The smallest absolute Gasteiger partial charge is 0.251 e. The third-order valence-corrected chi connectivity index (χ3v) is 4.74. The molecule has 0 saturated carbocycles. The highest BCUT2D eigenvalue weighted by Crippen LogP contribution is 2.23. The highest BCUT2D eigenvalue weighted by atomic mass is 35.5. The van der Waals surface area contributed by atoms with E-state index in [9.17, 15) is 9.59 Å². The average Bonchev–Trinajstić information content (AvgIpc) is 2.59. The maximum Gasteiger partial charge on any atom is 0.251 e. The predicted molar refractivity (Wildman–Crippen MR) is 102 cm³/mol. The van der Waals surface area contributed by atoms with E-state index in [-0.39, 0.29) is 17.9 Å². The van der Waals surface area contributed by atoms with E-state index >= 15 is 0 Å². The largest absolute Gasteiger partial charge is 0.326 e. The van der Waals surface area contributed by atoms with Gasteiger partial charge in [-0.3, -0.25) is 9.59 Å². The molecule has 0 bridgehead atoms. The van der Waals surface area contributed by atoms with E-state index in [1.807, 2.05) is 44.2 Å². The molecular weight excluding hydrogens is 336 g/mol. The molecule has 1 heterocycles. The van der Waals surface area contributed by atoms with Gasteiger partial charge in [0.1, 0.15) is 0 Å². The van der Waals surface area contributed by atoms with Crippen LogP contribution in [0.15, 0.2) is 53.3 Å². The Morgan fingerprint density at radius 2 is 1.88 bits per heavy atom. The number of carbonyl (C=O) groups excluding carboxylic acids is 1. The fourth-order valence-corrected chi connectivity index (χ4v) is 3.08. The molecule has 4 nitrogen and oxygen atoms in total. The van der Waals surface area contributed by atoms with Crippen molar-refractivity contribution in [2.45, 2.75) is 26.8 Å². The Kier molecular flexibility index (Phi) is 4.91. The Labute approximate surface area is 151 Å². The van der Waals surface area contributed by atoms with Gasteiger partial charge in [-0.15, -0.1) is 0 Å². The van der Waals surface area contributed by atoms with Gasteiger partial charge in [0.2, 0.25) is 5.91 Å². The summed E-state index contributed by atoms with van der Waals surface area (Å²) < 4.78 is 1.65. The first kappa shape index (κ1) is 17.2. The number of aromatic nitrogens is 1. The fourth-order valence-electron chi connectivity index (χ4n) is 2.90. The molecular formula is C20H19ClN2O2. The second kappa shape index (κ2) is 7.11. The van der Waals surface area contributed by atoms with Crippen LogP contribution in [0.4, 0.5) is 5.69 Å². The number of pyridine rings is 1. The van der Waals surface area contributed by atoms with Crippen LogP contribution in [0.1, 0.15) is 17.5 Å². The number of anilines is 1. The van der Waals surface area contributed by atoms with Gasteiger partial charge >= 0.3 is 0 Å². The first-order valence-electron chi connectivity index (χ1n) is 8.11. The predicted octanol–water partition coefficient (Wildman–Crippen LogP) is 4.30. The molecule has 0 fully saturated rings. The molecule has 1 N–H and O–H groups in total. The summed E-state index contributed by atoms with van der Waals surface area (Å²) in [5.74, 6) is -0.151. The number of benzene rings is 2. The zero-order valence-corrected chi connectivity index (χ0v) is 14.9. The molecule has 0 atom stereocenters. The number of carbonyl (C=O) groups is 1.